The maximum Gasteiger partial charge on any atom is 0.274 e. The zero-order valence-corrected chi connectivity index (χ0v) is 19.0. The number of imidazole rings is 1. The molecule has 1 fully saturated rings. The van der Waals surface area contributed by atoms with E-state index in [4.69, 9.17) is 14.5 Å². The van der Waals surface area contributed by atoms with Gasteiger partial charge in [-0.25, -0.2) is 9.97 Å². The van der Waals surface area contributed by atoms with Gasteiger partial charge in [0.05, 0.1) is 41.2 Å². The zero-order valence-electron chi connectivity index (χ0n) is 18.2. The molecular weight excluding hydrogens is 424 g/mol. The van der Waals surface area contributed by atoms with Crippen LogP contribution < -0.4 is 9.47 Å². The van der Waals surface area contributed by atoms with E-state index in [-0.39, 0.29) is 11.9 Å². The molecule has 7 nitrogen and oxygen atoms in total. The van der Waals surface area contributed by atoms with E-state index in [1.807, 2.05) is 54.3 Å². The number of aryl methyl sites for hydroxylation is 1. The lowest BCUT2D eigenvalue weighted by Crippen LogP contribution is -2.31. The first-order valence-electron chi connectivity index (χ1n) is 10.5. The maximum atomic E-state index is 13.7. The molecule has 0 bridgehead atoms. The number of thiazole rings is 1. The summed E-state index contributed by atoms with van der Waals surface area (Å²) in [6.45, 7) is 2.61. The van der Waals surface area contributed by atoms with Crippen molar-refractivity contribution in [3.8, 4) is 21.9 Å². The third-order valence-electron chi connectivity index (χ3n) is 5.81. The standard InChI is InChI=1S/C24H24N4O3S/c1-14-25-21(22(32-14)15-6-4-7-16(12-15)30-2)24(29)28-11-5-8-20(28)23-26-18-10-9-17(31-3)13-19(18)27-23/h4,6-7,9-10,12-13,20H,5,8,11H2,1-3H3,(H,26,27). The molecular formula is C24H24N4O3S. The minimum Gasteiger partial charge on any atom is -0.497 e. The summed E-state index contributed by atoms with van der Waals surface area (Å²) in [6.07, 6.45) is 1.79. The van der Waals surface area contributed by atoms with Crippen LogP contribution in [0.15, 0.2) is 42.5 Å². The Bertz CT molecular complexity index is 1300. The van der Waals surface area contributed by atoms with Crippen molar-refractivity contribution in [1.29, 1.82) is 0 Å². The number of likely N-dealkylation sites (tertiary alicyclic amines) is 1. The molecule has 0 spiro atoms. The van der Waals surface area contributed by atoms with Gasteiger partial charge in [-0.15, -0.1) is 11.3 Å². The van der Waals surface area contributed by atoms with E-state index in [0.29, 0.717) is 12.2 Å². The fourth-order valence-corrected chi connectivity index (χ4v) is 5.16. The highest BCUT2D eigenvalue weighted by atomic mass is 32.1. The highest BCUT2D eigenvalue weighted by molar-refractivity contribution is 7.15. The molecule has 1 aliphatic rings. The number of aromatic nitrogens is 3. The molecule has 1 N–H and O–H groups in total. The Kier molecular flexibility index (Phi) is 5.30. The number of aromatic amines is 1. The quantitative estimate of drug-likeness (QED) is 0.465. The van der Waals surface area contributed by atoms with Gasteiger partial charge in [0.25, 0.3) is 5.91 Å². The summed E-state index contributed by atoms with van der Waals surface area (Å²) < 4.78 is 10.7. The molecule has 1 aliphatic heterocycles. The Labute approximate surface area is 190 Å². The Balaban J connectivity index is 1.49. The average molecular weight is 449 g/mol. The average Bonchev–Trinajstić information content (AvgIpc) is 3.55. The topological polar surface area (TPSA) is 80.3 Å². The lowest BCUT2D eigenvalue weighted by Gasteiger charge is -2.23. The van der Waals surface area contributed by atoms with E-state index in [1.54, 1.807) is 14.2 Å². The van der Waals surface area contributed by atoms with Crippen LogP contribution in [0.3, 0.4) is 0 Å². The lowest BCUT2D eigenvalue weighted by molar-refractivity contribution is 0.0726. The minimum atomic E-state index is -0.110. The molecule has 2 aromatic heterocycles. The molecule has 0 radical (unpaired) electrons. The summed E-state index contributed by atoms with van der Waals surface area (Å²) in [6, 6.07) is 13.4. The molecule has 0 saturated carbocycles. The molecule has 0 aliphatic carbocycles. The number of rotatable bonds is 5. The number of nitrogens with zero attached hydrogens (tertiary/aromatic N) is 3. The fourth-order valence-electron chi connectivity index (χ4n) is 4.26. The number of hydrogen-bond donors (Lipinski definition) is 1. The van der Waals surface area contributed by atoms with Crippen LogP contribution >= 0.6 is 11.3 Å². The van der Waals surface area contributed by atoms with Crippen LogP contribution in [0.1, 0.15) is 40.2 Å². The molecule has 32 heavy (non-hydrogen) atoms. The lowest BCUT2D eigenvalue weighted by atomic mass is 10.1. The van der Waals surface area contributed by atoms with Crippen LogP contribution in [0.4, 0.5) is 0 Å². The fraction of sp³-hybridized carbons (Fsp3) is 0.292. The summed E-state index contributed by atoms with van der Waals surface area (Å²) in [4.78, 5) is 29.2. The van der Waals surface area contributed by atoms with Gasteiger partial charge in [0.1, 0.15) is 23.0 Å². The number of hydrogen-bond acceptors (Lipinski definition) is 6. The largest absolute Gasteiger partial charge is 0.497 e. The Morgan fingerprint density at radius 2 is 1.94 bits per heavy atom. The summed E-state index contributed by atoms with van der Waals surface area (Å²) in [5, 5.41) is 0.859. The smallest absolute Gasteiger partial charge is 0.274 e. The predicted octanol–water partition coefficient (Wildman–Crippen LogP) is 4.99. The molecule has 164 valence electrons. The van der Waals surface area contributed by atoms with Crippen molar-refractivity contribution in [2.75, 3.05) is 20.8 Å². The van der Waals surface area contributed by atoms with Crippen molar-refractivity contribution in [3.05, 3.63) is 59.0 Å². The van der Waals surface area contributed by atoms with Crippen molar-refractivity contribution in [1.82, 2.24) is 19.9 Å². The van der Waals surface area contributed by atoms with E-state index in [2.05, 4.69) is 9.97 Å². The second-order valence-corrected chi connectivity index (χ2v) is 9.01. The Hall–Kier alpha value is -3.39. The summed E-state index contributed by atoms with van der Waals surface area (Å²) in [7, 11) is 3.28. The van der Waals surface area contributed by atoms with Gasteiger partial charge in [-0.3, -0.25) is 4.79 Å². The summed E-state index contributed by atoms with van der Waals surface area (Å²) in [5.41, 5.74) is 3.19. The van der Waals surface area contributed by atoms with Crippen LogP contribution in [0, 0.1) is 6.92 Å². The van der Waals surface area contributed by atoms with Gasteiger partial charge in [0, 0.05) is 12.6 Å². The van der Waals surface area contributed by atoms with Crippen LogP contribution in [0.5, 0.6) is 11.5 Å². The van der Waals surface area contributed by atoms with Crippen molar-refractivity contribution in [2.24, 2.45) is 0 Å². The molecule has 3 heterocycles. The molecule has 4 aromatic rings. The van der Waals surface area contributed by atoms with Crippen molar-refractivity contribution >= 4 is 28.3 Å². The molecule has 2 aromatic carbocycles. The number of methoxy groups -OCH3 is 2. The first-order valence-corrected chi connectivity index (χ1v) is 11.4. The Morgan fingerprint density at radius 1 is 1.12 bits per heavy atom. The van der Waals surface area contributed by atoms with E-state index in [0.717, 1.165) is 56.6 Å². The highest BCUT2D eigenvalue weighted by Crippen LogP contribution is 2.37. The molecule has 8 heteroatoms. The molecule has 5 rings (SSSR count). The number of nitrogens with one attached hydrogen (secondary N) is 1. The van der Waals surface area contributed by atoms with Gasteiger partial charge >= 0.3 is 0 Å². The first-order chi connectivity index (χ1) is 15.6. The number of carbonyl (C=O) groups excluding carboxylic acids is 1. The monoisotopic (exact) mass is 448 g/mol. The number of amides is 1. The van der Waals surface area contributed by atoms with E-state index < -0.39 is 0 Å². The zero-order chi connectivity index (χ0) is 22.2. The van der Waals surface area contributed by atoms with Crippen molar-refractivity contribution < 1.29 is 14.3 Å². The van der Waals surface area contributed by atoms with E-state index in [1.165, 1.54) is 11.3 Å². The summed E-state index contributed by atoms with van der Waals surface area (Å²) in [5.74, 6) is 2.26. The SMILES string of the molecule is COc1cccc(-c2sc(C)nc2C(=O)N2CCCC2c2nc3ccc(OC)cc3[nH]2)c1. The minimum absolute atomic E-state index is 0.0623. The van der Waals surface area contributed by atoms with Gasteiger partial charge in [0.15, 0.2) is 0 Å². The van der Waals surface area contributed by atoms with Crippen LogP contribution in [-0.4, -0.2) is 46.5 Å². The predicted molar refractivity (Wildman–Crippen MR) is 124 cm³/mol. The third kappa shape index (κ3) is 3.60. The number of H-pyrrole nitrogens is 1. The van der Waals surface area contributed by atoms with E-state index >= 15 is 0 Å². The molecule has 1 saturated heterocycles. The first kappa shape index (κ1) is 20.5. The van der Waals surface area contributed by atoms with Crippen molar-refractivity contribution in [3.63, 3.8) is 0 Å². The van der Waals surface area contributed by atoms with Crippen LogP contribution in [0.25, 0.3) is 21.5 Å². The van der Waals surface area contributed by atoms with Gasteiger partial charge in [-0.05, 0) is 49.6 Å². The third-order valence-corrected chi connectivity index (χ3v) is 6.83. The number of fused-ring (bicyclic) bond motifs is 1. The summed E-state index contributed by atoms with van der Waals surface area (Å²) >= 11 is 1.53. The second kappa shape index (κ2) is 8.27. The Morgan fingerprint density at radius 3 is 2.75 bits per heavy atom. The molecule has 1 unspecified atom stereocenters. The number of ether oxygens (including phenoxy) is 2. The molecule has 1 amide bonds. The van der Waals surface area contributed by atoms with Gasteiger partial charge in [-0.2, -0.15) is 0 Å². The van der Waals surface area contributed by atoms with E-state index in [9.17, 15) is 4.79 Å². The number of carbonyl (C=O) groups is 1. The second-order valence-electron chi connectivity index (χ2n) is 7.80. The number of benzene rings is 2. The van der Waals surface area contributed by atoms with Gasteiger partial charge in [0.2, 0.25) is 0 Å². The van der Waals surface area contributed by atoms with Crippen molar-refractivity contribution in [2.45, 2.75) is 25.8 Å². The van der Waals surface area contributed by atoms with Gasteiger partial charge in [-0.1, -0.05) is 12.1 Å². The van der Waals surface area contributed by atoms with Crippen LogP contribution in [0.2, 0.25) is 0 Å². The normalized spacial score (nSPS) is 16.0. The van der Waals surface area contributed by atoms with Crippen LogP contribution in [-0.2, 0) is 0 Å². The maximum absolute atomic E-state index is 13.7. The molecule has 1 atom stereocenters. The van der Waals surface area contributed by atoms with Gasteiger partial charge < -0.3 is 19.4 Å². The highest BCUT2D eigenvalue weighted by Gasteiger charge is 2.35.